The maximum absolute atomic E-state index is 5.39. The van der Waals surface area contributed by atoms with Crippen molar-refractivity contribution in [3.05, 3.63) is 24.2 Å². The average Bonchev–Trinajstić information content (AvgIpc) is 2.65. The van der Waals surface area contributed by atoms with Crippen LogP contribution in [0.15, 0.2) is 22.8 Å². The molecule has 14 heavy (non-hydrogen) atoms. The van der Waals surface area contributed by atoms with Gasteiger partial charge in [-0.25, -0.2) is 0 Å². The molecule has 1 aromatic heterocycles. The summed E-state index contributed by atoms with van der Waals surface area (Å²) in [5.41, 5.74) is 0.232. The molecule has 0 saturated heterocycles. The van der Waals surface area contributed by atoms with E-state index in [-0.39, 0.29) is 5.54 Å². The Hall–Kier alpha value is -0.760. The van der Waals surface area contributed by atoms with Crippen molar-refractivity contribution in [1.29, 1.82) is 0 Å². The van der Waals surface area contributed by atoms with Crippen molar-refractivity contribution in [2.45, 2.75) is 38.6 Å². The van der Waals surface area contributed by atoms with E-state index in [1.54, 1.807) is 6.26 Å². The topological polar surface area (TPSA) is 25.2 Å². The summed E-state index contributed by atoms with van der Waals surface area (Å²) in [6.07, 6.45) is 3.04. The molecule has 0 aromatic carbocycles. The van der Waals surface area contributed by atoms with Gasteiger partial charge in [-0.05, 0) is 51.8 Å². The molecule has 2 nitrogen and oxygen atoms in total. The molecular formula is C12H19NO. The molecule has 1 aromatic rings. The van der Waals surface area contributed by atoms with E-state index in [0.717, 1.165) is 18.2 Å². The second kappa shape index (κ2) is 3.43. The SMILES string of the molecule is CC(C)(C)NCC1CC1c1ccco1. The Morgan fingerprint density at radius 1 is 1.50 bits per heavy atom. The van der Waals surface area contributed by atoms with Crippen molar-refractivity contribution < 1.29 is 4.42 Å². The van der Waals surface area contributed by atoms with Gasteiger partial charge >= 0.3 is 0 Å². The Balaban J connectivity index is 1.78. The Bertz CT molecular complexity index is 284. The van der Waals surface area contributed by atoms with Crippen molar-refractivity contribution in [2.75, 3.05) is 6.54 Å². The van der Waals surface area contributed by atoms with E-state index in [1.165, 1.54) is 6.42 Å². The maximum Gasteiger partial charge on any atom is 0.107 e. The number of hydrogen-bond acceptors (Lipinski definition) is 2. The van der Waals surface area contributed by atoms with Crippen LogP contribution in [0.1, 0.15) is 38.9 Å². The predicted molar refractivity (Wildman–Crippen MR) is 57.3 cm³/mol. The van der Waals surface area contributed by atoms with Gasteiger partial charge in [-0.2, -0.15) is 0 Å². The van der Waals surface area contributed by atoms with E-state index in [0.29, 0.717) is 5.92 Å². The van der Waals surface area contributed by atoms with Gasteiger partial charge in [-0.1, -0.05) is 0 Å². The molecule has 2 heteroatoms. The van der Waals surface area contributed by atoms with Crippen molar-refractivity contribution in [3.63, 3.8) is 0 Å². The Morgan fingerprint density at radius 3 is 2.86 bits per heavy atom. The van der Waals surface area contributed by atoms with Crippen molar-refractivity contribution in [2.24, 2.45) is 5.92 Å². The average molecular weight is 193 g/mol. The summed E-state index contributed by atoms with van der Waals surface area (Å²) < 4.78 is 5.39. The largest absolute Gasteiger partial charge is 0.469 e. The van der Waals surface area contributed by atoms with Gasteiger partial charge < -0.3 is 9.73 Å². The minimum Gasteiger partial charge on any atom is -0.469 e. The zero-order chi connectivity index (χ0) is 10.2. The van der Waals surface area contributed by atoms with Crippen LogP contribution < -0.4 is 5.32 Å². The molecule has 1 heterocycles. The van der Waals surface area contributed by atoms with E-state index >= 15 is 0 Å². The van der Waals surface area contributed by atoms with Crippen molar-refractivity contribution in [3.8, 4) is 0 Å². The summed E-state index contributed by atoms with van der Waals surface area (Å²) in [4.78, 5) is 0. The minimum atomic E-state index is 0.232. The molecule has 1 N–H and O–H groups in total. The summed E-state index contributed by atoms with van der Waals surface area (Å²) in [6, 6.07) is 4.06. The first-order valence-corrected chi connectivity index (χ1v) is 5.35. The zero-order valence-corrected chi connectivity index (χ0v) is 9.21. The fraction of sp³-hybridized carbons (Fsp3) is 0.667. The lowest BCUT2D eigenvalue weighted by Crippen LogP contribution is -2.37. The molecule has 0 bridgehead atoms. The zero-order valence-electron chi connectivity index (χ0n) is 9.21. The molecule has 0 spiro atoms. The van der Waals surface area contributed by atoms with Crippen LogP contribution in [-0.2, 0) is 0 Å². The fourth-order valence-electron chi connectivity index (χ4n) is 1.76. The smallest absolute Gasteiger partial charge is 0.107 e. The van der Waals surface area contributed by atoms with Crippen LogP contribution in [0.5, 0.6) is 0 Å². The van der Waals surface area contributed by atoms with E-state index in [4.69, 9.17) is 4.42 Å². The highest BCUT2D eigenvalue weighted by Crippen LogP contribution is 2.47. The molecule has 1 aliphatic carbocycles. The molecular weight excluding hydrogens is 174 g/mol. The molecule has 2 atom stereocenters. The summed E-state index contributed by atoms with van der Waals surface area (Å²) in [7, 11) is 0. The minimum absolute atomic E-state index is 0.232. The summed E-state index contributed by atoms with van der Waals surface area (Å²) in [6.45, 7) is 7.72. The van der Waals surface area contributed by atoms with Gasteiger partial charge in [0.15, 0.2) is 0 Å². The molecule has 0 aliphatic heterocycles. The van der Waals surface area contributed by atoms with Crippen LogP contribution in [0.4, 0.5) is 0 Å². The molecule has 0 radical (unpaired) electrons. The molecule has 1 saturated carbocycles. The monoisotopic (exact) mass is 193 g/mol. The highest BCUT2D eigenvalue weighted by atomic mass is 16.3. The van der Waals surface area contributed by atoms with Crippen LogP contribution >= 0.6 is 0 Å². The Morgan fingerprint density at radius 2 is 2.29 bits per heavy atom. The molecule has 0 amide bonds. The predicted octanol–water partition coefficient (Wildman–Crippen LogP) is 2.77. The molecule has 2 rings (SSSR count). The van der Waals surface area contributed by atoms with Crippen LogP contribution in [0, 0.1) is 5.92 Å². The highest BCUT2D eigenvalue weighted by molar-refractivity contribution is 5.15. The van der Waals surface area contributed by atoms with E-state index in [2.05, 4.69) is 32.2 Å². The Kier molecular flexibility index (Phi) is 2.40. The van der Waals surface area contributed by atoms with Gasteiger partial charge in [-0.3, -0.25) is 0 Å². The summed E-state index contributed by atoms with van der Waals surface area (Å²) >= 11 is 0. The summed E-state index contributed by atoms with van der Waals surface area (Å²) in [5.74, 6) is 2.60. The molecule has 1 fully saturated rings. The maximum atomic E-state index is 5.39. The van der Waals surface area contributed by atoms with Gasteiger partial charge in [0.05, 0.1) is 6.26 Å². The number of rotatable bonds is 3. The molecule has 2 unspecified atom stereocenters. The van der Waals surface area contributed by atoms with Gasteiger partial charge in [-0.15, -0.1) is 0 Å². The molecule has 78 valence electrons. The normalized spacial score (nSPS) is 26.5. The van der Waals surface area contributed by atoms with Crippen LogP contribution in [0.3, 0.4) is 0 Å². The third kappa shape index (κ3) is 2.38. The van der Waals surface area contributed by atoms with E-state index in [1.807, 2.05) is 6.07 Å². The summed E-state index contributed by atoms with van der Waals surface area (Å²) in [5, 5.41) is 3.53. The van der Waals surface area contributed by atoms with Gasteiger partial charge in [0.25, 0.3) is 0 Å². The van der Waals surface area contributed by atoms with Crippen molar-refractivity contribution in [1.82, 2.24) is 5.32 Å². The van der Waals surface area contributed by atoms with E-state index in [9.17, 15) is 0 Å². The third-order valence-electron chi connectivity index (χ3n) is 2.73. The second-order valence-corrected chi connectivity index (χ2v) is 5.25. The first-order valence-electron chi connectivity index (χ1n) is 5.35. The van der Waals surface area contributed by atoms with Gasteiger partial charge in [0.2, 0.25) is 0 Å². The quantitative estimate of drug-likeness (QED) is 0.798. The fourth-order valence-corrected chi connectivity index (χ4v) is 1.76. The first-order chi connectivity index (χ1) is 6.56. The van der Waals surface area contributed by atoms with Crippen LogP contribution in [-0.4, -0.2) is 12.1 Å². The lowest BCUT2D eigenvalue weighted by molar-refractivity contribution is 0.409. The first kappa shape index (κ1) is 9.78. The second-order valence-electron chi connectivity index (χ2n) is 5.25. The lowest BCUT2D eigenvalue weighted by Gasteiger charge is -2.20. The highest BCUT2D eigenvalue weighted by Gasteiger charge is 2.40. The van der Waals surface area contributed by atoms with Crippen molar-refractivity contribution >= 4 is 0 Å². The Labute approximate surface area is 85.7 Å². The van der Waals surface area contributed by atoms with Gasteiger partial charge in [0, 0.05) is 11.5 Å². The number of furan rings is 1. The van der Waals surface area contributed by atoms with Gasteiger partial charge in [0.1, 0.15) is 5.76 Å². The third-order valence-corrected chi connectivity index (χ3v) is 2.73. The molecule has 1 aliphatic rings. The standard InChI is InChI=1S/C12H19NO/c1-12(2,3)13-8-9-7-10(9)11-5-4-6-14-11/h4-6,9-10,13H,7-8H2,1-3H3. The van der Waals surface area contributed by atoms with Crippen LogP contribution in [0.2, 0.25) is 0 Å². The van der Waals surface area contributed by atoms with E-state index < -0.39 is 0 Å². The van der Waals surface area contributed by atoms with Crippen LogP contribution in [0.25, 0.3) is 0 Å². The number of nitrogens with one attached hydrogen (secondary N) is 1. The lowest BCUT2D eigenvalue weighted by atomic mass is 10.1. The number of hydrogen-bond donors (Lipinski definition) is 1.